The van der Waals surface area contributed by atoms with Crippen molar-refractivity contribution in [2.45, 2.75) is 26.3 Å². The zero-order valence-electron chi connectivity index (χ0n) is 9.98. The molecule has 2 heterocycles. The van der Waals surface area contributed by atoms with Crippen LogP contribution in [-0.4, -0.2) is 21.6 Å². The maximum absolute atomic E-state index is 5.90. The van der Waals surface area contributed by atoms with Crippen LogP contribution in [0.3, 0.4) is 0 Å². The fourth-order valence-corrected chi connectivity index (χ4v) is 1.73. The molecule has 2 rings (SSSR count). The van der Waals surface area contributed by atoms with Gasteiger partial charge in [-0.05, 0) is 26.8 Å². The minimum absolute atomic E-state index is 0.155. The lowest BCUT2D eigenvalue weighted by molar-refractivity contribution is 0.392. The van der Waals surface area contributed by atoms with Crippen LogP contribution in [0.5, 0.6) is 5.88 Å². The van der Waals surface area contributed by atoms with E-state index in [0.29, 0.717) is 11.8 Å². The summed E-state index contributed by atoms with van der Waals surface area (Å²) in [6.45, 7) is 6.18. The van der Waals surface area contributed by atoms with Gasteiger partial charge in [-0.3, -0.25) is 4.57 Å². The van der Waals surface area contributed by atoms with Crippen molar-refractivity contribution < 1.29 is 4.74 Å². The average Bonchev–Trinajstić information content (AvgIpc) is 2.51. The van der Waals surface area contributed by atoms with E-state index in [1.165, 1.54) is 0 Å². The fraction of sp³-hybridized carbons (Fsp3) is 0.455. The quantitative estimate of drug-likeness (QED) is 0.795. The average molecular weight is 220 g/mol. The van der Waals surface area contributed by atoms with E-state index in [1.54, 1.807) is 13.2 Å². The molecule has 5 nitrogen and oxygen atoms in total. The van der Waals surface area contributed by atoms with Gasteiger partial charge in [-0.2, -0.15) is 4.98 Å². The lowest BCUT2D eigenvalue weighted by Gasteiger charge is -2.22. The molecule has 0 saturated heterocycles. The summed E-state index contributed by atoms with van der Waals surface area (Å²) in [5, 5.41) is 0. The number of aromatic nitrogens is 3. The second-order valence-corrected chi connectivity index (χ2v) is 4.67. The summed E-state index contributed by atoms with van der Waals surface area (Å²) < 4.78 is 7.01. The van der Waals surface area contributed by atoms with Gasteiger partial charge in [0.2, 0.25) is 11.8 Å². The summed E-state index contributed by atoms with van der Waals surface area (Å²) in [6, 6.07) is 3.64. The van der Waals surface area contributed by atoms with Crippen molar-refractivity contribution in [3.8, 4) is 5.88 Å². The van der Waals surface area contributed by atoms with Crippen LogP contribution < -0.4 is 10.5 Å². The van der Waals surface area contributed by atoms with Gasteiger partial charge in [-0.25, -0.2) is 4.98 Å². The molecule has 0 fully saturated rings. The van der Waals surface area contributed by atoms with Crippen LogP contribution >= 0.6 is 0 Å². The summed E-state index contributed by atoms with van der Waals surface area (Å²) in [6.07, 6.45) is 0. The summed E-state index contributed by atoms with van der Waals surface area (Å²) in [7, 11) is 1.59. The topological polar surface area (TPSA) is 66.0 Å². The van der Waals surface area contributed by atoms with Gasteiger partial charge in [0.15, 0.2) is 5.65 Å². The summed E-state index contributed by atoms with van der Waals surface area (Å²) >= 11 is 0. The molecule has 5 heteroatoms. The third-order valence-electron chi connectivity index (χ3n) is 2.38. The fourth-order valence-electron chi connectivity index (χ4n) is 1.73. The summed E-state index contributed by atoms with van der Waals surface area (Å²) in [5.41, 5.74) is 7.29. The summed E-state index contributed by atoms with van der Waals surface area (Å²) in [4.78, 5) is 8.66. The number of anilines is 1. The molecule has 0 atom stereocenters. The molecule has 0 radical (unpaired) electrons. The van der Waals surface area contributed by atoms with Crippen LogP contribution in [0.4, 0.5) is 5.95 Å². The molecule has 0 aromatic carbocycles. The predicted molar refractivity (Wildman–Crippen MR) is 63.5 cm³/mol. The Labute approximate surface area is 94.2 Å². The third kappa shape index (κ3) is 1.58. The van der Waals surface area contributed by atoms with Crippen LogP contribution in [0.1, 0.15) is 20.8 Å². The molecule has 0 bridgehead atoms. The van der Waals surface area contributed by atoms with Crippen molar-refractivity contribution in [2.24, 2.45) is 0 Å². The van der Waals surface area contributed by atoms with E-state index in [0.717, 1.165) is 11.2 Å². The van der Waals surface area contributed by atoms with Crippen molar-refractivity contribution in [3.63, 3.8) is 0 Å². The molecule has 0 unspecified atom stereocenters. The lowest BCUT2D eigenvalue weighted by Crippen LogP contribution is -2.23. The van der Waals surface area contributed by atoms with E-state index >= 15 is 0 Å². The van der Waals surface area contributed by atoms with E-state index < -0.39 is 0 Å². The number of nitrogens with two attached hydrogens (primary N) is 1. The van der Waals surface area contributed by atoms with Crippen molar-refractivity contribution in [3.05, 3.63) is 12.1 Å². The number of hydrogen-bond acceptors (Lipinski definition) is 4. The molecule has 0 saturated carbocycles. The van der Waals surface area contributed by atoms with E-state index in [9.17, 15) is 0 Å². The SMILES string of the molecule is COc1ccc2nc(N)n(C(C)(C)C)c2n1. The molecule has 0 aliphatic carbocycles. The molecule has 2 N–H and O–H groups in total. The van der Waals surface area contributed by atoms with Gasteiger partial charge in [0, 0.05) is 11.6 Å². The minimum atomic E-state index is -0.155. The molecule has 2 aromatic rings. The highest BCUT2D eigenvalue weighted by molar-refractivity contribution is 5.75. The Bertz CT molecular complexity index is 524. The molecule has 0 aliphatic rings. The molecule has 16 heavy (non-hydrogen) atoms. The Kier molecular flexibility index (Phi) is 2.26. The molecule has 0 aliphatic heterocycles. The van der Waals surface area contributed by atoms with Gasteiger partial charge >= 0.3 is 0 Å². The number of fused-ring (bicyclic) bond motifs is 1. The second kappa shape index (κ2) is 3.37. The normalized spacial score (nSPS) is 12.0. The molecular formula is C11H16N4O. The van der Waals surface area contributed by atoms with Crippen molar-refractivity contribution in [2.75, 3.05) is 12.8 Å². The number of imidazole rings is 1. The number of nitrogen functional groups attached to an aromatic ring is 1. The van der Waals surface area contributed by atoms with Crippen molar-refractivity contribution in [1.29, 1.82) is 0 Å². The zero-order valence-corrected chi connectivity index (χ0v) is 9.98. The standard InChI is InChI=1S/C11H16N4O/c1-11(2,3)15-9-7(13-10(15)12)5-6-8(14-9)16-4/h5-6H,1-4H3,(H2,12,13). The van der Waals surface area contributed by atoms with Crippen LogP contribution in [0.15, 0.2) is 12.1 Å². The van der Waals surface area contributed by atoms with Crippen LogP contribution in [0.2, 0.25) is 0 Å². The maximum Gasteiger partial charge on any atom is 0.215 e. The smallest absolute Gasteiger partial charge is 0.215 e. The molecule has 2 aromatic heterocycles. The van der Waals surface area contributed by atoms with Crippen LogP contribution in [0.25, 0.3) is 11.2 Å². The predicted octanol–water partition coefficient (Wildman–Crippen LogP) is 1.78. The number of methoxy groups -OCH3 is 1. The maximum atomic E-state index is 5.90. The van der Waals surface area contributed by atoms with E-state index in [2.05, 4.69) is 30.7 Å². The van der Waals surface area contributed by atoms with Gasteiger partial charge in [0.25, 0.3) is 0 Å². The molecule has 0 spiro atoms. The first kappa shape index (κ1) is 10.7. The number of pyridine rings is 1. The molecule has 86 valence electrons. The van der Waals surface area contributed by atoms with Crippen molar-refractivity contribution >= 4 is 17.1 Å². The van der Waals surface area contributed by atoms with E-state index in [4.69, 9.17) is 10.5 Å². The highest BCUT2D eigenvalue weighted by Crippen LogP contribution is 2.26. The Hall–Kier alpha value is -1.78. The Morgan fingerprint density at radius 1 is 1.25 bits per heavy atom. The second-order valence-electron chi connectivity index (χ2n) is 4.67. The lowest BCUT2D eigenvalue weighted by atomic mass is 10.1. The zero-order chi connectivity index (χ0) is 11.9. The first-order valence-corrected chi connectivity index (χ1v) is 5.13. The van der Waals surface area contributed by atoms with E-state index in [-0.39, 0.29) is 5.54 Å². The number of ether oxygens (including phenoxy) is 1. The number of hydrogen-bond donors (Lipinski definition) is 1. The van der Waals surface area contributed by atoms with Gasteiger partial charge < -0.3 is 10.5 Å². The summed E-state index contributed by atoms with van der Waals surface area (Å²) in [5.74, 6) is 1.04. The first-order valence-electron chi connectivity index (χ1n) is 5.13. The minimum Gasteiger partial charge on any atom is -0.481 e. The third-order valence-corrected chi connectivity index (χ3v) is 2.38. The monoisotopic (exact) mass is 220 g/mol. The number of rotatable bonds is 1. The molecular weight excluding hydrogens is 204 g/mol. The largest absolute Gasteiger partial charge is 0.481 e. The van der Waals surface area contributed by atoms with Gasteiger partial charge in [-0.15, -0.1) is 0 Å². The first-order chi connectivity index (χ1) is 7.43. The van der Waals surface area contributed by atoms with E-state index in [1.807, 2.05) is 10.6 Å². The molecule has 0 amide bonds. The van der Waals surface area contributed by atoms with Gasteiger partial charge in [0.1, 0.15) is 5.52 Å². The van der Waals surface area contributed by atoms with Crippen molar-refractivity contribution in [1.82, 2.24) is 14.5 Å². The highest BCUT2D eigenvalue weighted by Gasteiger charge is 2.21. The number of nitrogens with zero attached hydrogens (tertiary/aromatic N) is 3. The Morgan fingerprint density at radius 3 is 2.50 bits per heavy atom. The Morgan fingerprint density at radius 2 is 1.94 bits per heavy atom. The van der Waals surface area contributed by atoms with Gasteiger partial charge in [0.05, 0.1) is 7.11 Å². The van der Waals surface area contributed by atoms with Gasteiger partial charge in [-0.1, -0.05) is 0 Å². The van der Waals surface area contributed by atoms with Crippen LogP contribution in [-0.2, 0) is 5.54 Å². The Balaban J connectivity index is 2.76. The highest BCUT2D eigenvalue weighted by atomic mass is 16.5. The van der Waals surface area contributed by atoms with Crippen LogP contribution in [0, 0.1) is 0 Å².